The predicted molar refractivity (Wildman–Crippen MR) is 55.5 cm³/mol. The summed E-state index contributed by atoms with van der Waals surface area (Å²) in [6.07, 6.45) is 4.14. The molecule has 0 aliphatic carbocycles. The summed E-state index contributed by atoms with van der Waals surface area (Å²) in [7, 11) is 0. The molecule has 1 unspecified atom stereocenters. The molecule has 0 aliphatic heterocycles. The van der Waals surface area contributed by atoms with Crippen molar-refractivity contribution in [1.29, 1.82) is 0 Å². The van der Waals surface area contributed by atoms with E-state index in [1.54, 1.807) is 0 Å². The highest BCUT2D eigenvalue weighted by Crippen LogP contribution is 2.27. The molecule has 0 aliphatic rings. The molecule has 0 amide bonds. The van der Waals surface area contributed by atoms with Crippen molar-refractivity contribution in [2.24, 2.45) is 0 Å². The smallest absolute Gasteiger partial charge is 0.188 e. The molecule has 14 heavy (non-hydrogen) atoms. The molecule has 0 radical (unpaired) electrons. The summed E-state index contributed by atoms with van der Waals surface area (Å²) in [6.45, 7) is 4.18. The van der Waals surface area contributed by atoms with Gasteiger partial charge >= 0.3 is 0 Å². The highest BCUT2D eigenvalue weighted by atomic mass is 19.1. The van der Waals surface area contributed by atoms with Gasteiger partial charge in [0.1, 0.15) is 0 Å². The van der Waals surface area contributed by atoms with Crippen molar-refractivity contribution in [1.82, 2.24) is 10.2 Å². The van der Waals surface area contributed by atoms with Gasteiger partial charge in [-0.15, -0.1) is 0 Å². The molecule has 0 fully saturated rings. The summed E-state index contributed by atoms with van der Waals surface area (Å²) in [5.41, 5.74) is 5.91. The van der Waals surface area contributed by atoms with Crippen molar-refractivity contribution in [2.45, 2.75) is 45.4 Å². The zero-order chi connectivity index (χ0) is 10.6. The Morgan fingerprint density at radius 3 is 2.64 bits per heavy atom. The lowest BCUT2D eigenvalue weighted by Gasteiger charge is -2.11. The quantitative estimate of drug-likeness (QED) is 0.766. The number of nitrogen functional groups attached to an aromatic ring is 1. The minimum Gasteiger partial charge on any atom is -0.380 e. The summed E-state index contributed by atoms with van der Waals surface area (Å²) in [6, 6.07) is 0. The number of unbranched alkanes of at least 4 members (excludes halogenated alkanes) is 1. The fourth-order valence-corrected chi connectivity index (χ4v) is 1.63. The molecule has 0 bridgehead atoms. The third-order valence-electron chi connectivity index (χ3n) is 2.57. The van der Waals surface area contributed by atoms with E-state index in [2.05, 4.69) is 24.0 Å². The largest absolute Gasteiger partial charge is 0.380 e. The lowest BCUT2D eigenvalue weighted by molar-refractivity contribution is 0.519. The third kappa shape index (κ3) is 2.25. The first-order chi connectivity index (χ1) is 6.70. The van der Waals surface area contributed by atoms with Crippen LogP contribution in [0.2, 0.25) is 0 Å². The summed E-state index contributed by atoms with van der Waals surface area (Å²) in [5.74, 6) is -0.164. The van der Waals surface area contributed by atoms with Crippen LogP contribution >= 0.6 is 0 Å². The van der Waals surface area contributed by atoms with Crippen LogP contribution in [-0.2, 0) is 0 Å². The standard InChI is InChI=1S/C10H18FN3/c1-3-5-6-7(4-2)9-8(11)10(12)14-13-9/h7H,3-6H2,1-2H3,(H3,12,13,14). The van der Waals surface area contributed by atoms with E-state index in [0.29, 0.717) is 5.69 Å². The number of rotatable bonds is 5. The Balaban J connectivity index is 2.73. The van der Waals surface area contributed by atoms with E-state index in [0.717, 1.165) is 25.7 Å². The number of hydrogen-bond acceptors (Lipinski definition) is 2. The second-order valence-electron chi connectivity index (χ2n) is 3.58. The maximum Gasteiger partial charge on any atom is 0.188 e. The number of hydrogen-bond donors (Lipinski definition) is 2. The number of aromatic nitrogens is 2. The highest BCUT2D eigenvalue weighted by Gasteiger charge is 2.18. The van der Waals surface area contributed by atoms with Gasteiger partial charge < -0.3 is 5.73 Å². The average Bonchev–Trinajstić information content (AvgIpc) is 2.51. The molecule has 80 valence electrons. The number of nitrogens with zero attached hydrogens (tertiary/aromatic N) is 1. The molecule has 0 aromatic carbocycles. The van der Waals surface area contributed by atoms with Crippen LogP contribution in [0.5, 0.6) is 0 Å². The molecule has 0 saturated heterocycles. The Morgan fingerprint density at radius 2 is 2.21 bits per heavy atom. The number of nitrogens with two attached hydrogens (primary N) is 1. The predicted octanol–water partition coefficient (Wildman–Crippen LogP) is 2.81. The van der Waals surface area contributed by atoms with Gasteiger partial charge in [-0.1, -0.05) is 26.7 Å². The first-order valence-electron chi connectivity index (χ1n) is 5.19. The minimum atomic E-state index is -0.368. The van der Waals surface area contributed by atoms with E-state index in [1.165, 1.54) is 0 Å². The maximum absolute atomic E-state index is 13.4. The SMILES string of the molecule is CCCCC(CC)c1[nH]nc(N)c1F. The van der Waals surface area contributed by atoms with E-state index in [9.17, 15) is 4.39 Å². The van der Waals surface area contributed by atoms with Crippen molar-refractivity contribution in [2.75, 3.05) is 5.73 Å². The van der Waals surface area contributed by atoms with E-state index < -0.39 is 0 Å². The molecule has 1 atom stereocenters. The lowest BCUT2D eigenvalue weighted by atomic mass is 9.96. The summed E-state index contributed by atoms with van der Waals surface area (Å²) in [5, 5.41) is 6.35. The van der Waals surface area contributed by atoms with Crippen LogP contribution in [0.3, 0.4) is 0 Å². The minimum absolute atomic E-state index is 0.0186. The number of aromatic amines is 1. The Bertz CT molecular complexity index is 283. The van der Waals surface area contributed by atoms with Crippen LogP contribution in [0.15, 0.2) is 0 Å². The average molecular weight is 199 g/mol. The van der Waals surface area contributed by atoms with Crippen LogP contribution in [0.4, 0.5) is 10.2 Å². The van der Waals surface area contributed by atoms with Crippen LogP contribution in [-0.4, -0.2) is 10.2 Å². The summed E-state index contributed by atoms with van der Waals surface area (Å²) >= 11 is 0. The molecule has 1 rings (SSSR count). The van der Waals surface area contributed by atoms with Crippen LogP contribution in [0, 0.1) is 5.82 Å². The number of halogens is 1. The molecular formula is C10H18FN3. The lowest BCUT2D eigenvalue weighted by Crippen LogP contribution is -2.00. The molecule has 3 N–H and O–H groups in total. The van der Waals surface area contributed by atoms with E-state index in [-0.39, 0.29) is 17.6 Å². The van der Waals surface area contributed by atoms with Crippen LogP contribution in [0.1, 0.15) is 51.1 Å². The molecule has 0 saturated carbocycles. The fourth-order valence-electron chi connectivity index (χ4n) is 1.63. The van der Waals surface area contributed by atoms with Crippen LogP contribution < -0.4 is 5.73 Å². The van der Waals surface area contributed by atoms with Crippen LogP contribution in [0.25, 0.3) is 0 Å². The zero-order valence-electron chi connectivity index (χ0n) is 8.81. The molecule has 0 spiro atoms. The second kappa shape index (κ2) is 4.98. The third-order valence-corrected chi connectivity index (χ3v) is 2.57. The van der Waals surface area contributed by atoms with Gasteiger partial charge in [0, 0.05) is 5.92 Å². The van der Waals surface area contributed by atoms with E-state index in [4.69, 9.17) is 5.73 Å². The van der Waals surface area contributed by atoms with Crippen molar-refractivity contribution < 1.29 is 4.39 Å². The fraction of sp³-hybridized carbons (Fsp3) is 0.700. The Morgan fingerprint density at radius 1 is 1.50 bits per heavy atom. The van der Waals surface area contributed by atoms with Gasteiger partial charge in [0.05, 0.1) is 5.69 Å². The van der Waals surface area contributed by atoms with Gasteiger partial charge in [0.2, 0.25) is 0 Å². The molecule has 4 heteroatoms. The van der Waals surface area contributed by atoms with Crippen molar-refractivity contribution in [3.8, 4) is 0 Å². The van der Waals surface area contributed by atoms with Gasteiger partial charge in [-0.3, -0.25) is 5.10 Å². The second-order valence-corrected chi connectivity index (χ2v) is 3.58. The van der Waals surface area contributed by atoms with Gasteiger partial charge in [-0.2, -0.15) is 5.10 Å². The van der Waals surface area contributed by atoms with Crippen molar-refractivity contribution in [3.63, 3.8) is 0 Å². The van der Waals surface area contributed by atoms with Gasteiger partial charge in [-0.25, -0.2) is 4.39 Å². The zero-order valence-corrected chi connectivity index (χ0v) is 8.81. The van der Waals surface area contributed by atoms with Gasteiger partial charge in [-0.05, 0) is 12.8 Å². The first-order valence-corrected chi connectivity index (χ1v) is 5.19. The Kier molecular flexibility index (Phi) is 3.92. The van der Waals surface area contributed by atoms with Crippen molar-refractivity contribution >= 4 is 5.82 Å². The van der Waals surface area contributed by atoms with E-state index >= 15 is 0 Å². The highest BCUT2D eigenvalue weighted by molar-refractivity contribution is 5.33. The number of nitrogens with one attached hydrogen (secondary N) is 1. The number of anilines is 1. The molecule has 1 aromatic rings. The molecule has 3 nitrogen and oxygen atoms in total. The Hall–Kier alpha value is -1.06. The normalized spacial score (nSPS) is 13.1. The van der Waals surface area contributed by atoms with Crippen molar-refractivity contribution in [3.05, 3.63) is 11.5 Å². The Labute approximate surface area is 83.9 Å². The van der Waals surface area contributed by atoms with Gasteiger partial charge in [0.25, 0.3) is 0 Å². The molecule has 1 heterocycles. The monoisotopic (exact) mass is 199 g/mol. The maximum atomic E-state index is 13.4. The topological polar surface area (TPSA) is 54.7 Å². The van der Waals surface area contributed by atoms with E-state index in [1.807, 2.05) is 0 Å². The number of H-pyrrole nitrogens is 1. The molecular weight excluding hydrogens is 181 g/mol. The molecule has 1 aromatic heterocycles. The summed E-state index contributed by atoms with van der Waals surface area (Å²) in [4.78, 5) is 0. The first kappa shape index (κ1) is 11.0. The summed E-state index contributed by atoms with van der Waals surface area (Å²) < 4.78 is 13.4. The van der Waals surface area contributed by atoms with Gasteiger partial charge in [0.15, 0.2) is 11.6 Å².